The van der Waals surface area contributed by atoms with Gasteiger partial charge in [0.1, 0.15) is 80.6 Å². The summed E-state index contributed by atoms with van der Waals surface area (Å²) in [5.74, 6) is 3.94. The maximum atomic E-state index is 13.5. The minimum atomic E-state index is -0.722. The number of rotatable bonds is 10. The van der Waals surface area contributed by atoms with E-state index in [0.717, 1.165) is 154 Å². The first-order chi connectivity index (χ1) is 50.4. The Morgan fingerprint density at radius 2 is 1.11 bits per heavy atom. The Morgan fingerprint density at radius 3 is 1.68 bits per heavy atom. The molecule has 3 aliphatic heterocycles. The lowest BCUT2D eigenvalue weighted by atomic mass is 9.81. The molecule has 13 aromatic rings. The number of nitrogens with one attached hydrogen (secondary N) is 3. The fourth-order valence-electron chi connectivity index (χ4n) is 15.8. The van der Waals surface area contributed by atoms with Crippen LogP contribution in [0.25, 0.3) is 94.5 Å². The number of urea groups is 2. The maximum absolute atomic E-state index is 13.5. The molecule has 17 rings (SSSR count). The number of carboxylic acid groups (broad SMARTS) is 1. The number of likely N-dealkylation sites (tertiary alicyclic amines) is 2. The second-order valence-electron chi connectivity index (χ2n) is 27.9. The highest BCUT2D eigenvalue weighted by molar-refractivity contribution is 5.99. The molecule has 536 valence electrons. The second-order valence-corrected chi connectivity index (χ2v) is 27.9. The largest absolute Gasteiger partial charge is 0.495 e. The first kappa shape index (κ1) is 68.2. The number of carbonyl (C=O) groups is 3. The lowest BCUT2D eigenvalue weighted by Gasteiger charge is -2.40. The van der Waals surface area contributed by atoms with Crippen LogP contribution in [0.2, 0.25) is 0 Å². The van der Waals surface area contributed by atoms with Gasteiger partial charge in [0.15, 0.2) is 5.82 Å². The summed E-state index contributed by atoms with van der Waals surface area (Å²) >= 11 is 0. The molecule has 9 aromatic heterocycles. The molecule has 3 saturated heterocycles. The number of aromatic amines is 3. The number of anilines is 3. The van der Waals surface area contributed by atoms with Gasteiger partial charge in [0.2, 0.25) is 0 Å². The SMILES string of the molecule is CCc1cccc2cc(-c3nc(C4CCN(C(=O)N(C)C)CC4)n4ccnc(N)c34)[nH]c12.COc1cccc2cc(-c3nc(C4CCN(C(=O)N5C[C@@H](C)O[C@@H](C)C5)CC4)n4ncnc(N)c34)[nH]c12.Nc1nccn2c(C3CCC(C(=O)O)CC3)nc(-c3cc4cccc(-c5ccc(F)cc5)c4[nH]3)c12. The van der Waals surface area contributed by atoms with Crippen LogP contribution in [0.1, 0.15) is 113 Å². The van der Waals surface area contributed by atoms with Crippen molar-refractivity contribution in [2.75, 3.05) is 77.7 Å². The molecule has 4 amide bonds. The number of methoxy groups -OCH3 is 1. The number of piperidine rings is 2. The number of imidazole rings is 3. The predicted molar refractivity (Wildman–Crippen MR) is 399 cm³/mol. The first-order valence-electron chi connectivity index (χ1n) is 35.7. The van der Waals surface area contributed by atoms with E-state index in [-0.39, 0.29) is 53.8 Å². The highest BCUT2D eigenvalue weighted by Gasteiger charge is 2.36. The average Bonchev–Trinajstić information content (AvgIpc) is 1.61. The molecule has 0 bridgehead atoms. The fourth-order valence-corrected chi connectivity index (χ4v) is 15.8. The van der Waals surface area contributed by atoms with Crippen LogP contribution in [0.3, 0.4) is 0 Å². The van der Waals surface area contributed by atoms with Gasteiger partial charge in [-0.2, -0.15) is 5.10 Å². The Balaban J connectivity index is 0.000000126. The minimum absolute atomic E-state index is 0.0506. The number of aliphatic carboxylic acids is 1. The molecule has 0 radical (unpaired) electrons. The topological polar surface area (TPSA) is 332 Å². The lowest BCUT2D eigenvalue weighted by molar-refractivity contribution is -0.142. The third-order valence-electron chi connectivity index (χ3n) is 21.0. The number of hydrogen-bond acceptors (Lipinski definition) is 15. The zero-order valence-electron chi connectivity index (χ0n) is 59.1. The number of nitrogens with zero attached hydrogens (tertiary/aromatic N) is 14. The molecule has 4 aromatic carbocycles. The van der Waals surface area contributed by atoms with Crippen molar-refractivity contribution in [3.05, 3.63) is 157 Å². The Hall–Kier alpha value is -11.6. The van der Waals surface area contributed by atoms with Crippen LogP contribution in [0.15, 0.2) is 128 Å². The van der Waals surface area contributed by atoms with Gasteiger partial charge in [-0.15, -0.1) is 0 Å². The molecular weight excluding hydrogens is 1320 g/mol. The number of morpholine rings is 1. The summed E-state index contributed by atoms with van der Waals surface area (Å²) in [5, 5.41) is 17.1. The first-order valence-corrected chi connectivity index (χ1v) is 35.7. The number of halogens is 1. The number of nitrogen functional groups attached to an aromatic ring is 3. The van der Waals surface area contributed by atoms with E-state index >= 15 is 0 Å². The monoisotopic (exact) mass is 1400 g/mol. The van der Waals surface area contributed by atoms with E-state index in [0.29, 0.717) is 73.4 Å². The van der Waals surface area contributed by atoms with Gasteiger partial charge >= 0.3 is 18.0 Å². The second kappa shape index (κ2) is 28.3. The molecule has 1 aliphatic carbocycles. The molecule has 26 nitrogen and oxygen atoms in total. The summed E-state index contributed by atoms with van der Waals surface area (Å²) < 4.78 is 30.7. The van der Waals surface area contributed by atoms with Crippen LogP contribution < -0.4 is 21.9 Å². The summed E-state index contributed by atoms with van der Waals surface area (Å²) in [6.07, 6.45) is 15.8. The van der Waals surface area contributed by atoms with Crippen LogP contribution in [0.4, 0.5) is 31.4 Å². The zero-order valence-corrected chi connectivity index (χ0v) is 59.1. The van der Waals surface area contributed by atoms with Crippen molar-refractivity contribution in [2.24, 2.45) is 5.92 Å². The molecule has 27 heteroatoms. The number of carboxylic acids is 1. The summed E-state index contributed by atoms with van der Waals surface area (Å²) in [6, 6.07) is 31.1. The number of carbonyl (C=O) groups excluding carboxylic acids is 2. The van der Waals surface area contributed by atoms with Gasteiger partial charge in [-0.25, -0.2) is 48.4 Å². The molecule has 0 unspecified atom stereocenters. The number of aryl methyl sites for hydroxylation is 1. The van der Waals surface area contributed by atoms with Crippen molar-refractivity contribution < 1.29 is 33.4 Å². The van der Waals surface area contributed by atoms with E-state index in [1.54, 1.807) is 50.6 Å². The van der Waals surface area contributed by atoms with E-state index in [1.165, 1.54) is 29.4 Å². The quantitative estimate of drug-likeness (QED) is 0.0669. The number of benzene rings is 4. The Kier molecular flexibility index (Phi) is 18.6. The molecule has 104 heavy (non-hydrogen) atoms. The van der Waals surface area contributed by atoms with E-state index < -0.39 is 5.97 Å². The maximum Gasteiger partial charge on any atom is 0.320 e. The predicted octanol–water partition coefficient (Wildman–Crippen LogP) is 12.8. The molecule has 12 heterocycles. The molecule has 0 spiro atoms. The number of nitrogens with two attached hydrogens (primary N) is 3. The normalized spacial score (nSPS) is 18.3. The summed E-state index contributed by atoms with van der Waals surface area (Å²) in [6.45, 7) is 10.2. The highest BCUT2D eigenvalue weighted by Crippen LogP contribution is 2.42. The van der Waals surface area contributed by atoms with Crippen molar-refractivity contribution in [2.45, 2.75) is 109 Å². The number of aromatic nitrogens is 13. The van der Waals surface area contributed by atoms with Gasteiger partial charge in [-0.05, 0) is 119 Å². The van der Waals surface area contributed by atoms with Gasteiger partial charge in [0.05, 0.1) is 53.4 Å². The van der Waals surface area contributed by atoms with Crippen LogP contribution in [0.5, 0.6) is 5.75 Å². The minimum Gasteiger partial charge on any atom is -0.495 e. The number of ether oxygens (including phenoxy) is 2. The smallest absolute Gasteiger partial charge is 0.320 e. The zero-order chi connectivity index (χ0) is 72.2. The number of amides is 4. The van der Waals surface area contributed by atoms with Crippen LogP contribution in [0, 0.1) is 11.7 Å². The Labute approximate surface area is 598 Å². The van der Waals surface area contributed by atoms with Gasteiger partial charge in [-0.1, -0.05) is 67.6 Å². The molecule has 4 fully saturated rings. The summed E-state index contributed by atoms with van der Waals surface area (Å²) in [5.41, 5.74) is 32.2. The molecule has 10 N–H and O–H groups in total. The van der Waals surface area contributed by atoms with Crippen molar-refractivity contribution in [3.63, 3.8) is 0 Å². The molecule has 1 saturated carbocycles. The van der Waals surface area contributed by atoms with Crippen LogP contribution in [-0.4, -0.2) is 179 Å². The summed E-state index contributed by atoms with van der Waals surface area (Å²) in [4.78, 5) is 83.0. The number of fused-ring (bicyclic) bond motifs is 6. The van der Waals surface area contributed by atoms with Crippen molar-refractivity contribution in [1.29, 1.82) is 0 Å². The number of para-hydroxylation sites is 3. The standard InChI is InChI=1S/C27H24FN5O2.C26H32N8O3.C24H29N7O/c28-19-10-8-15(9-11-19)20-3-1-2-18-14-21(31-22(18)20)23-24-25(29)30-12-13-33(24)26(32-23)16-4-6-17(7-5-16)27(34)35;1-15-12-33(13-16(2)37-15)26(35)32-9-7-17(8-10-32)25-31-22(23-24(27)28-14-29-34(23)25)19-11-18-5-4-6-20(36-3)21(18)30-19;1-4-15-6-5-7-17-14-18(27-19(15)17)20-21-22(25)26-10-13-31(21)23(28-20)16-8-11-30(12-9-16)24(32)29(2)3/h1-3,8-14,16-17,31H,4-7H2,(H2,29,30)(H,34,35);4-6,11,14-17,30H,7-10,12-13H2,1-3H3,(H2,27,28,29);5-7,10,13-14,16,27H,4,8-9,11-12H2,1-3H3,(H2,25,26)/t;15-,16+;. The third-order valence-corrected chi connectivity index (χ3v) is 21.0. The van der Waals surface area contributed by atoms with E-state index in [9.17, 15) is 23.9 Å². The molecular formula is C77H85FN20O6. The van der Waals surface area contributed by atoms with E-state index in [2.05, 4.69) is 70.6 Å². The van der Waals surface area contributed by atoms with Gasteiger partial charge in [0.25, 0.3) is 0 Å². The lowest BCUT2D eigenvalue weighted by Crippen LogP contribution is -2.54. The van der Waals surface area contributed by atoms with E-state index in [4.69, 9.17) is 41.6 Å². The number of hydrogen-bond donors (Lipinski definition) is 7. The summed E-state index contributed by atoms with van der Waals surface area (Å²) in [7, 11) is 5.24. The molecule has 4 aliphatic rings. The van der Waals surface area contributed by atoms with Crippen LogP contribution >= 0.6 is 0 Å². The highest BCUT2D eigenvalue weighted by atomic mass is 19.1. The Morgan fingerprint density at radius 1 is 0.606 bits per heavy atom. The van der Waals surface area contributed by atoms with Crippen molar-refractivity contribution in [3.8, 4) is 51.0 Å². The Bertz CT molecular complexity index is 5350. The van der Waals surface area contributed by atoms with Gasteiger partial charge < -0.3 is 66.3 Å². The average molecular weight is 1410 g/mol. The fraction of sp³-hybridized carbons (Fsp3) is 0.351. The van der Waals surface area contributed by atoms with Gasteiger partial charge in [0, 0.05) is 123 Å². The van der Waals surface area contributed by atoms with Crippen molar-refractivity contribution in [1.82, 2.24) is 82.9 Å². The van der Waals surface area contributed by atoms with Crippen LogP contribution in [-0.2, 0) is 16.0 Å². The van der Waals surface area contributed by atoms with E-state index in [1.807, 2.05) is 98.4 Å². The van der Waals surface area contributed by atoms with Crippen molar-refractivity contribution >= 4 is 84.7 Å². The van der Waals surface area contributed by atoms with Gasteiger partial charge in [-0.3, -0.25) is 13.6 Å². The molecule has 2 atom stereocenters. The number of H-pyrrole nitrogens is 3. The third kappa shape index (κ3) is 12.9.